The summed E-state index contributed by atoms with van der Waals surface area (Å²) in [6.45, 7) is 6.35. The average Bonchev–Trinajstić information content (AvgIpc) is 3.19. The van der Waals surface area contributed by atoms with Crippen molar-refractivity contribution in [2.75, 3.05) is 6.61 Å². The normalized spacial score (nSPS) is 13.6. The molecule has 6 heteroatoms. The largest absolute Gasteiger partial charge is 0.462 e. The maximum Gasteiger partial charge on any atom is 0.306 e. The van der Waals surface area contributed by atoms with Crippen molar-refractivity contribution in [2.45, 2.75) is 264 Å². The molecule has 56 heavy (non-hydrogen) atoms. The van der Waals surface area contributed by atoms with Gasteiger partial charge in [-0.1, -0.05) is 211 Å². The molecule has 1 amide bonds. The van der Waals surface area contributed by atoms with E-state index < -0.39 is 18.2 Å². The first kappa shape index (κ1) is 54.1. The molecule has 0 heterocycles. The first-order chi connectivity index (χ1) is 27.5. The fraction of sp³-hybridized carbons (Fsp3) is 0.840. The number of ether oxygens (including phenoxy) is 1. The van der Waals surface area contributed by atoms with Gasteiger partial charge in [0, 0.05) is 6.42 Å². The van der Waals surface area contributed by atoms with Crippen LogP contribution in [0.4, 0.5) is 0 Å². The lowest BCUT2D eigenvalue weighted by Crippen LogP contribution is -2.46. The molecule has 0 aromatic carbocycles. The second-order valence-corrected chi connectivity index (χ2v) is 16.5. The van der Waals surface area contributed by atoms with Crippen LogP contribution in [0.25, 0.3) is 0 Å². The molecule has 0 spiro atoms. The van der Waals surface area contributed by atoms with E-state index in [0.717, 1.165) is 77.0 Å². The molecule has 0 bridgehead atoms. The maximum atomic E-state index is 13.1. The van der Waals surface area contributed by atoms with Crippen molar-refractivity contribution >= 4 is 11.9 Å². The van der Waals surface area contributed by atoms with Crippen LogP contribution in [0.3, 0.4) is 0 Å². The summed E-state index contributed by atoms with van der Waals surface area (Å²) in [5, 5.41) is 23.7. The van der Waals surface area contributed by atoms with Crippen LogP contribution >= 0.6 is 0 Å². The van der Waals surface area contributed by atoms with E-state index >= 15 is 0 Å². The van der Waals surface area contributed by atoms with Gasteiger partial charge in [0.2, 0.25) is 5.91 Å². The third-order valence-electron chi connectivity index (χ3n) is 11.0. The molecule has 6 nitrogen and oxygen atoms in total. The summed E-state index contributed by atoms with van der Waals surface area (Å²) in [6.07, 6.45) is 50.6. The predicted octanol–water partition coefficient (Wildman–Crippen LogP) is 14.1. The van der Waals surface area contributed by atoms with E-state index in [9.17, 15) is 19.8 Å². The van der Waals surface area contributed by atoms with E-state index in [1.54, 1.807) is 0 Å². The second kappa shape index (κ2) is 44.2. The van der Waals surface area contributed by atoms with Crippen LogP contribution in [0.5, 0.6) is 0 Å². The van der Waals surface area contributed by atoms with Gasteiger partial charge < -0.3 is 20.3 Å². The topological polar surface area (TPSA) is 95.9 Å². The van der Waals surface area contributed by atoms with Gasteiger partial charge in [0.15, 0.2) is 0 Å². The van der Waals surface area contributed by atoms with E-state index in [2.05, 4.69) is 62.5 Å². The zero-order valence-electron chi connectivity index (χ0n) is 37.3. The number of esters is 1. The molecule has 0 aliphatic rings. The third-order valence-corrected chi connectivity index (χ3v) is 11.0. The van der Waals surface area contributed by atoms with Gasteiger partial charge in [0.05, 0.1) is 25.2 Å². The molecule has 0 fully saturated rings. The van der Waals surface area contributed by atoms with Crippen LogP contribution in [0.1, 0.15) is 245 Å². The molecule has 3 unspecified atom stereocenters. The maximum absolute atomic E-state index is 13.1. The van der Waals surface area contributed by atoms with E-state index in [0.29, 0.717) is 19.3 Å². The predicted molar refractivity (Wildman–Crippen MR) is 241 cm³/mol. The van der Waals surface area contributed by atoms with E-state index in [1.165, 1.54) is 122 Å². The van der Waals surface area contributed by atoms with Crippen molar-refractivity contribution < 1.29 is 24.5 Å². The zero-order chi connectivity index (χ0) is 41.0. The fourth-order valence-corrected chi connectivity index (χ4v) is 7.33. The van der Waals surface area contributed by atoms with Crippen LogP contribution in [-0.2, 0) is 14.3 Å². The highest BCUT2D eigenvalue weighted by Gasteiger charge is 2.24. The van der Waals surface area contributed by atoms with Gasteiger partial charge in [-0.25, -0.2) is 0 Å². The molecule has 0 radical (unpaired) electrons. The van der Waals surface area contributed by atoms with Crippen LogP contribution in [0, 0.1) is 0 Å². The number of hydrogen-bond donors (Lipinski definition) is 3. The van der Waals surface area contributed by atoms with Crippen molar-refractivity contribution in [1.29, 1.82) is 0 Å². The number of unbranched alkanes of at least 4 members (excludes halogenated alkanes) is 25. The van der Waals surface area contributed by atoms with Crippen LogP contribution in [-0.4, -0.2) is 46.9 Å². The molecule has 3 N–H and O–H groups in total. The van der Waals surface area contributed by atoms with Crippen molar-refractivity contribution in [3.05, 3.63) is 36.5 Å². The number of rotatable bonds is 43. The number of aliphatic hydroxyl groups is 2. The van der Waals surface area contributed by atoms with Crippen molar-refractivity contribution in [2.24, 2.45) is 0 Å². The van der Waals surface area contributed by atoms with E-state index in [4.69, 9.17) is 4.74 Å². The molecule has 0 saturated carbocycles. The van der Waals surface area contributed by atoms with Gasteiger partial charge in [0.1, 0.15) is 6.10 Å². The molecular weight excluding hydrogens is 695 g/mol. The summed E-state index contributed by atoms with van der Waals surface area (Å²) in [4.78, 5) is 26.0. The highest BCUT2D eigenvalue weighted by Crippen LogP contribution is 2.17. The Hall–Kier alpha value is -1.92. The lowest BCUT2D eigenvalue weighted by atomic mass is 10.0. The molecule has 3 atom stereocenters. The number of carbonyl (C=O) groups is 2. The first-order valence-electron chi connectivity index (χ1n) is 24.2. The van der Waals surface area contributed by atoms with Crippen LogP contribution in [0.2, 0.25) is 0 Å². The number of hydrogen-bond acceptors (Lipinski definition) is 5. The highest BCUT2D eigenvalue weighted by molar-refractivity contribution is 5.77. The van der Waals surface area contributed by atoms with Gasteiger partial charge in [-0.3, -0.25) is 9.59 Å². The smallest absolute Gasteiger partial charge is 0.306 e. The first-order valence-corrected chi connectivity index (χ1v) is 24.2. The molecule has 0 aromatic rings. The Balaban J connectivity index is 4.58. The van der Waals surface area contributed by atoms with Gasteiger partial charge in [-0.2, -0.15) is 0 Å². The number of carbonyl (C=O) groups excluding carboxylic acids is 2. The molecule has 0 saturated heterocycles. The quantitative estimate of drug-likeness (QED) is 0.0325. The minimum absolute atomic E-state index is 0.0547. The Morgan fingerprint density at radius 2 is 0.964 bits per heavy atom. The van der Waals surface area contributed by atoms with Gasteiger partial charge >= 0.3 is 5.97 Å². The van der Waals surface area contributed by atoms with E-state index in [-0.39, 0.29) is 24.9 Å². The summed E-state index contributed by atoms with van der Waals surface area (Å²) < 4.78 is 5.89. The van der Waals surface area contributed by atoms with Gasteiger partial charge in [0.25, 0.3) is 0 Å². The summed E-state index contributed by atoms with van der Waals surface area (Å²) in [7, 11) is 0. The summed E-state index contributed by atoms with van der Waals surface area (Å²) in [5.74, 6) is -0.507. The standard InChI is InChI=1S/C50H93NO5/c1-4-7-10-13-16-19-22-24-25-28-30-33-36-39-42-48(53)47(45-52)51-49(54)44-46(41-38-35-32-29-27-23-20-17-14-11-8-5-2)56-50(55)43-40-37-34-31-26-21-18-15-12-9-6-3/h8,11,17,20,27,29,46-48,52-53H,4-7,9-10,12-16,18-19,21-26,28,30-45H2,1-3H3,(H,51,54)/b11-8+,20-17+,29-27+. The number of nitrogens with one attached hydrogen (secondary N) is 1. The van der Waals surface area contributed by atoms with Crippen LogP contribution < -0.4 is 5.32 Å². The molecule has 0 rings (SSSR count). The highest BCUT2D eigenvalue weighted by atomic mass is 16.5. The molecular formula is C50H93NO5. The number of amides is 1. The molecule has 0 aromatic heterocycles. The SMILES string of the molecule is CC/C=C/C/C=C/C/C=C/CCCCC(CC(=O)NC(CO)C(O)CCCCCCCCCCCCCCCC)OC(=O)CCCCCCCCCCCCC. The van der Waals surface area contributed by atoms with Crippen molar-refractivity contribution in [3.8, 4) is 0 Å². The summed E-state index contributed by atoms with van der Waals surface area (Å²) in [5.41, 5.74) is 0. The summed E-state index contributed by atoms with van der Waals surface area (Å²) in [6, 6.07) is -0.709. The number of allylic oxidation sites excluding steroid dienone is 6. The van der Waals surface area contributed by atoms with Gasteiger partial charge in [-0.15, -0.1) is 0 Å². The Labute approximate surface area is 347 Å². The molecule has 0 aliphatic heterocycles. The lowest BCUT2D eigenvalue weighted by Gasteiger charge is -2.24. The Kier molecular flexibility index (Phi) is 42.7. The van der Waals surface area contributed by atoms with E-state index in [1.807, 2.05) is 0 Å². The minimum atomic E-state index is -0.794. The number of aliphatic hydroxyl groups excluding tert-OH is 2. The monoisotopic (exact) mass is 788 g/mol. The zero-order valence-corrected chi connectivity index (χ0v) is 37.3. The lowest BCUT2D eigenvalue weighted by molar-refractivity contribution is -0.151. The van der Waals surface area contributed by atoms with Crippen LogP contribution in [0.15, 0.2) is 36.5 Å². The minimum Gasteiger partial charge on any atom is -0.462 e. The Bertz CT molecular complexity index is 930. The van der Waals surface area contributed by atoms with Crippen molar-refractivity contribution in [1.82, 2.24) is 5.32 Å². The Morgan fingerprint density at radius 3 is 1.45 bits per heavy atom. The average molecular weight is 788 g/mol. The van der Waals surface area contributed by atoms with Gasteiger partial charge in [-0.05, 0) is 57.8 Å². The summed E-state index contributed by atoms with van der Waals surface area (Å²) >= 11 is 0. The molecule has 328 valence electrons. The Morgan fingerprint density at radius 1 is 0.536 bits per heavy atom. The third kappa shape index (κ3) is 38.9. The fourth-order valence-electron chi connectivity index (χ4n) is 7.33. The molecule has 0 aliphatic carbocycles. The second-order valence-electron chi connectivity index (χ2n) is 16.5. The van der Waals surface area contributed by atoms with Crippen molar-refractivity contribution in [3.63, 3.8) is 0 Å².